The summed E-state index contributed by atoms with van der Waals surface area (Å²) in [5.41, 5.74) is 0.875. The van der Waals surface area contributed by atoms with Crippen molar-refractivity contribution in [3.05, 3.63) is 38.0 Å². The SMILES string of the molecule is O=c1c(Br)c(CO)n(C2CCCC2)c2nc(CCOC3CCCCO3)c(F)cc12. The van der Waals surface area contributed by atoms with E-state index in [0.29, 0.717) is 31.0 Å². The van der Waals surface area contributed by atoms with E-state index < -0.39 is 5.82 Å². The third-order valence-electron chi connectivity index (χ3n) is 5.86. The summed E-state index contributed by atoms with van der Waals surface area (Å²) in [6.45, 7) is 0.718. The normalized spacial score (nSPS) is 20.6. The highest BCUT2D eigenvalue weighted by molar-refractivity contribution is 9.10. The molecule has 2 aromatic rings. The average molecular weight is 469 g/mol. The first-order valence-corrected chi connectivity index (χ1v) is 11.2. The summed E-state index contributed by atoms with van der Waals surface area (Å²) in [5, 5.41) is 10.2. The number of hydrogen-bond acceptors (Lipinski definition) is 5. The third kappa shape index (κ3) is 4.26. The smallest absolute Gasteiger partial charge is 0.205 e. The van der Waals surface area contributed by atoms with Gasteiger partial charge in [-0.3, -0.25) is 4.79 Å². The van der Waals surface area contributed by atoms with Gasteiger partial charge in [0.1, 0.15) is 11.5 Å². The van der Waals surface area contributed by atoms with Gasteiger partial charge in [-0.25, -0.2) is 9.37 Å². The number of rotatable bonds is 6. The quantitative estimate of drug-likeness (QED) is 0.693. The second kappa shape index (κ2) is 9.20. The molecule has 0 bridgehead atoms. The number of aliphatic hydroxyl groups is 1. The molecule has 29 heavy (non-hydrogen) atoms. The Hall–Kier alpha value is -1.35. The summed E-state index contributed by atoms with van der Waals surface area (Å²) in [7, 11) is 0. The fraction of sp³-hybridized carbons (Fsp3) is 0.619. The molecule has 0 spiro atoms. The Labute approximate surface area is 177 Å². The summed E-state index contributed by atoms with van der Waals surface area (Å²) < 4.78 is 28.2. The van der Waals surface area contributed by atoms with Crippen molar-refractivity contribution in [2.75, 3.05) is 13.2 Å². The van der Waals surface area contributed by atoms with Crippen LogP contribution in [0.2, 0.25) is 0 Å². The van der Waals surface area contributed by atoms with E-state index in [1.54, 1.807) is 0 Å². The lowest BCUT2D eigenvalue weighted by Crippen LogP contribution is -2.24. The topological polar surface area (TPSA) is 73.6 Å². The monoisotopic (exact) mass is 468 g/mol. The molecule has 8 heteroatoms. The number of halogens is 2. The summed E-state index contributed by atoms with van der Waals surface area (Å²) in [6.07, 6.45) is 7.10. The Morgan fingerprint density at radius 3 is 2.72 bits per heavy atom. The largest absolute Gasteiger partial charge is 0.390 e. The van der Waals surface area contributed by atoms with E-state index in [1.165, 1.54) is 6.07 Å². The van der Waals surface area contributed by atoms with Gasteiger partial charge in [-0.15, -0.1) is 0 Å². The lowest BCUT2D eigenvalue weighted by Gasteiger charge is -2.23. The minimum atomic E-state index is -0.510. The molecule has 2 fully saturated rings. The summed E-state index contributed by atoms with van der Waals surface area (Å²) >= 11 is 3.31. The van der Waals surface area contributed by atoms with E-state index >= 15 is 0 Å². The van der Waals surface area contributed by atoms with Crippen LogP contribution in [-0.2, 0) is 22.5 Å². The van der Waals surface area contributed by atoms with Crippen LogP contribution in [0.5, 0.6) is 0 Å². The van der Waals surface area contributed by atoms with Crippen LogP contribution in [0.25, 0.3) is 11.0 Å². The van der Waals surface area contributed by atoms with Gasteiger partial charge in [0.15, 0.2) is 6.29 Å². The molecule has 0 radical (unpaired) electrons. The molecule has 2 aliphatic rings. The van der Waals surface area contributed by atoms with E-state index in [9.17, 15) is 14.3 Å². The molecule has 3 heterocycles. The second-order valence-electron chi connectivity index (χ2n) is 7.76. The molecule has 158 valence electrons. The van der Waals surface area contributed by atoms with Crippen molar-refractivity contribution in [1.82, 2.24) is 9.55 Å². The molecular formula is C21H26BrFN2O4. The molecule has 1 unspecified atom stereocenters. The zero-order valence-corrected chi connectivity index (χ0v) is 17.9. The Bertz CT molecular complexity index is 937. The summed E-state index contributed by atoms with van der Waals surface area (Å²) in [5.74, 6) is -0.510. The maximum atomic E-state index is 14.7. The number of fused-ring (bicyclic) bond motifs is 1. The number of ether oxygens (including phenoxy) is 2. The Kier molecular flexibility index (Phi) is 6.63. The van der Waals surface area contributed by atoms with Crippen molar-refractivity contribution in [2.24, 2.45) is 0 Å². The predicted octanol–water partition coefficient (Wildman–Crippen LogP) is 3.99. The number of aromatic nitrogens is 2. The molecular weight excluding hydrogens is 443 g/mol. The molecule has 4 rings (SSSR count). The van der Waals surface area contributed by atoms with E-state index in [1.807, 2.05) is 4.57 Å². The Morgan fingerprint density at radius 2 is 2.03 bits per heavy atom. The number of hydrogen-bond donors (Lipinski definition) is 1. The van der Waals surface area contributed by atoms with Crippen molar-refractivity contribution in [3.8, 4) is 0 Å². The molecule has 2 aromatic heterocycles. The van der Waals surface area contributed by atoms with Crippen LogP contribution in [0.4, 0.5) is 4.39 Å². The fourth-order valence-electron chi connectivity index (χ4n) is 4.36. The van der Waals surface area contributed by atoms with E-state index in [0.717, 1.165) is 44.9 Å². The highest BCUT2D eigenvalue weighted by Crippen LogP contribution is 2.34. The molecule has 6 nitrogen and oxygen atoms in total. The fourth-order valence-corrected chi connectivity index (χ4v) is 4.89. The average Bonchev–Trinajstić information content (AvgIpc) is 3.26. The van der Waals surface area contributed by atoms with Gasteiger partial charge in [0.05, 0.1) is 34.5 Å². The molecule has 1 atom stereocenters. The van der Waals surface area contributed by atoms with Crippen molar-refractivity contribution in [3.63, 3.8) is 0 Å². The van der Waals surface area contributed by atoms with Crippen LogP contribution in [0.1, 0.15) is 62.4 Å². The lowest BCUT2D eigenvalue weighted by atomic mass is 10.1. The summed E-state index contributed by atoms with van der Waals surface area (Å²) in [6, 6.07) is 1.42. The molecule has 1 N–H and O–H groups in total. The Morgan fingerprint density at radius 1 is 1.28 bits per heavy atom. The summed E-state index contributed by atoms with van der Waals surface area (Å²) in [4.78, 5) is 17.3. The Balaban J connectivity index is 1.69. The second-order valence-corrected chi connectivity index (χ2v) is 8.55. The third-order valence-corrected chi connectivity index (χ3v) is 6.68. The van der Waals surface area contributed by atoms with Gasteiger partial charge in [-0.2, -0.15) is 0 Å². The number of aliphatic hydroxyl groups excluding tert-OH is 1. The van der Waals surface area contributed by atoms with Gasteiger partial charge in [0.2, 0.25) is 5.43 Å². The molecule has 1 saturated heterocycles. The highest BCUT2D eigenvalue weighted by Gasteiger charge is 2.25. The first-order valence-electron chi connectivity index (χ1n) is 10.4. The van der Waals surface area contributed by atoms with Crippen LogP contribution in [0, 0.1) is 5.82 Å². The van der Waals surface area contributed by atoms with Crippen LogP contribution < -0.4 is 5.43 Å². The minimum Gasteiger partial charge on any atom is -0.390 e. The van der Waals surface area contributed by atoms with Gasteiger partial charge < -0.3 is 19.1 Å². The van der Waals surface area contributed by atoms with Crippen molar-refractivity contribution >= 4 is 27.0 Å². The minimum absolute atomic E-state index is 0.147. The first-order chi connectivity index (χ1) is 14.1. The van der Waals surface area contributed by atoms with Gasteiger partial charge in [0.25, 0.3) is 0 Å². The van der Waals surface area contributed by atoms with E-state index in [-0.39, 0.29) is 39.9 Å². The van der Waals surface area contributed by atoms with E-state index in [4.69, 9.17) is 9.47 Å². The molecule has 0 amide bonds. The lowest BCUT2D eigenvalue weighted by molar-refractivity contribution is -0.161. The first kappa shape index (κ1) is 20.9. The van der Waals surface area contributed by atoms with Crippen LogP contribution in [0.3, 0.4) is 0 Å². The molecule has 1 saturated carbocycles. The van der Waals surface area contributed by atoms with Gasteiger partial charge in [0, 0.05) is 19.1 Å². The molecule has 0 aromatic carbocycles. The van der Waals surface area contributed by atoms with Crippen molar-refractivity contribution in [2.45, 2.75) is 70.3 Å². The molecule has 1 aliphatic carbocycles. The van der Waals surface area contributed by atoms with E-state index in [2.05, 4.69) is 20.9 Å². The zero-order valence-electron chi connectivity index (χ0n) is 16.3. The molecule has 1 aliphatic heterocycles. The number of pyridine rings is 2. The van der Waals surface area contributed by atoms with Crippen molar-refractivity contribution < 1.29 is 19.0 Å². The van der Waals surface area contributed by atoms with Crippen LogP contribution in [-0.4, -0.2) is 34.2 Å². The van der Waals surface area contributed by atoms with Gasteiger partial charge >= 0.3 is 0 Å². The highest BCUT2D eigenvalue weighted by atomic mass is 79.9. The maximum absolute atomic E-state index is 14.7. The number of nitrogens with zero attached hydrogens (tertiary/aromatic N) is 2. The van der Waals surface area contributed by atoms with Crippen LogP contribution >= 0.6 is 15.9 Å². The van der Waals surface area contributed by atoms with Crippen LogP contribution in [0.15, 0.2) is 15.3 Å². The van der Waals surface area contributed by atoms with Crippen molar-refractivity contribution in [1.29, 1.82) is 0 Å². The van der Waals surface area contributed by atoms with Gasteiger partial charge in [-0.05, 0) is 54.1 Å². The maximum Gasteiger partial charge on any atom is 0.205 e. The zero-order chi connectivity index (χ0) is 20.4. The standard InChI is InChI=1S/C21H26BrFN2O4/c22-19-17(12-26)25(13-5-1-2-6-13)21-14(20(19)27)11-15(23)16(24-21)8-10-29-18-7-3-4-9-28-18/h11,13,18,26H,1-10,12H2. The van der Waals surface area contributed by atoms with Gasteiger partial charge in [-0.1, -0.05) is 12.8 Å². The predicted molar refractivity (Wildman–Crippen MR) is 110 cm³/mol.